The lowest BCUT2D eigenvalue weighted by atomic mass is 10.0. The Balaban J connectivity index is 2.00. The van der Waals surface area contributed by atoms with Crippen LogP contribution in [0.3, 0.4) is 0 Å². The third-order valence-electron chi connectivity index (χ3n) is 4.53. The van der Waals surface area contributed by atoms with Gasteiger partial charge in [-0.3, -0.25) is 4.79 Å². The van der Waals surface area contributed by atoms with Gasteiger partial charge < -0.3 is 20.3 Å². The van der Waals surface area contributed by atoms with Crippen LogP contribution in [0.25, 0.3) is 11.0 Å². The number of hydrogen-bond acceptors (Lipinski definition) is 4. The maximum absolute atomic E-state index is 13.2. The third-order valence-corrected chi connectivity index (χ3v) is 4.53. The predicted molar refractivity (Wildman–Crippen MR) is 103 cm³/mol. The second-order valence-electron chi connectivity index (χ2n) is 6.44. The molecule has 0 spiro atoms. The zero-order chi connectivity index (χ0) is 21.0. The molecule has 1 heterocycles. The van der Waals surface area contributed by atoms with Crippen LogP contribution in [0.1, 0.15) is 24.1 Å². The van der Waals surface area contributed by atoms with Crippen LogP contribution >= 0.6 is 0 Å². The molecule has 0 radical (unpaired) electrons. The van der Waals surface area contributed by atoms with E-state index in [9.17, 15) is 23.1 Å². The molecule has 3 rings (SSSR count). The summed E-state index contributed by atoms with van der Waals surface area (Å²) in [6, 6.07) is 10.7. The van der Waals surface area contributed by atoms with Crippen LogP contribution in [0.15, 0.2) is 48.5 Å². The first-order valence-electron chi connectivity index (χ1n) is 9.11. The molecule has 0 saturated carbocycles. The van der Waals surface area contributed by atoms with Gasteiger partial charge >= 0.3 is 6.18 Å². The number of likely N-dealkylation sites (N-methyl/N-ethyl adjacent to an activating group) is 1. The number of hydrogen-bond donors (Lipinski definition) is 3. The van der Waals surface area contributed by atoms with Gasteiger partial charge in [-0.05, 0) is 36.8 Å². The number of aliphatic hydroxyl groups is 1. The summed E-state index contributed by atoms with van der Waals surface area (Å²) in [4.78, 5) is 21.8. The summed E-state index contributed by atoms with van der Waals surface area (Å²) in [6.45, 7) is 1.86. The van der Waals surface area contributed by atoms with Crippen molar-refractivity contribution in [3.63, 3.8) is 0 Å². The molecule has 154 valence electrons. The number of nitrogens with zero attached hydrogens (tertiary/aromatic N) is 2. The van der Waals surface area contributed by atoms with Crippen molar-refractivity contribution in [2.24, 2.45) is 0 Å². The fourth-order valence-corrected chi connectivity index (χ4v) is 3.07. The quantitative estimate of drug-likeness (QED) is 0.560. The van der Waals surface area contributed by atoms with Gasteiger partial charge in [-0.25, -0.2) is 4.98 Å². The summed E-state index contributed by atoms with van der Waals surface area (Å²) in [6.07, 6.45) is -4.53. The monoisotopic (exact) mass is 406 g/mol. The number of amides is 1. The molecule has 3 aromatic rings. The number of rotatable bonds is 7. The van der Waals surface area contributed by atoms with Crippen LogP contribution in [-0.4, -0.2) is 45.6 Å². The van der Waals surface area contributed by atoms with Crippen molar-refractivity contribution in [1.82, 2.24) is 14.9 Å². The van der Waals surface area contributed by atoms with E-state index in [1.807, 2.05) is 12.1 Å². The highest BCUT2D eigenvalue weighted by molar-refractivity contribution is 5.86. The molecule has 0 fully saturated rings. The van der Waals surface area contributed by atoms with E-state index in [1.165, 1.54) is 17.0 Å². The van der Waals surface area contributed by atoms with E-state index in [0.717, 1.165) is 17.6 Å². The topological polar surface area (TPSA) is 81.2 Å². The highest BCUT2D eigenvalue weighted by atomic mass is 19.4. The first-order chi connectivity index (χ1) is 13.8. The normalized spacial score (nSPS) is 12.7. The van der Waals surface area contributed by atoms with E-state index in [1.54, 1.807) is 19.1 Å². The summed E-state index contributed by atoms with van der Waals surface area (Å²) in [5, 5.41) is 12.2. The summed E-state index contributed by atoms with van der Waals surface area (Å²) < 4.78 is 39.5. The molecule has 2 aromatic carbocycles. The first kappa shape index (κ1) is 20.7. The number of fused-ring (bicyclic) bond motifs is 1. The van der Waals surface area contributed by atoms with E-state index >= 15 is 0 Å². The molecule has 1 aromatic heterocycles. The van der Waals surface area contributed by atoms with Gasteiger partial charge in [0.2, 0.25) is 11.9 Å². The number of alkyl halides is 3. The van der Waals surface area contributed by atoms with Gasteiger partial charge in [0.25, 0.3) is 0 Å². The molecule has 0 bridgehead atoms. The Morgan fingerprint density at radius 2 is 2.00 bits per heavy atom. The average molecular weight is 406 g/mol. The fourth-order valence-electron chi connectivity index (χ4n) is 3.07. The number of para-hydroxylation sites is 2. The molecular weight excluding hydrogens is 385 g/mol. The zero-order valence-corrected chi connectivity index (χ0v) is 15.7. The maximum atomic E-state index is 13.2. The van der Waals surface area contributed by atoms with Gasteiger partial charge in [0.15, 0.2) is 0 Å². The molecule has 1 amide bonds. The smallest absolute Gasteiger partial charge is 0.395 e. The number of anilines is 1. The summed E-state index contributed by atoms with van der Waals surface area (Å²) in [7, 11) is 0. The summed E-state index contributed by atoms with van der Waals surface area (Å²) in [5.41, 5.74) is 0.701. The number of imidazole rings is 1. The van der Waals surface area contributed by atoms with Crippen molar-refractivity contribution in [2.75, 3.05) is 25.0 Å². The van der Waals surface area contributed by atoms with Crippen molar-refractivity contribution in [3.05, 3.63) is 59.7 Å². The Kier molecular flexibility index (Phi) is 6.07. The summed E-state index contributed by atoms with van der Waals surface area (Å²) in [5.74, 6) is -0.191. The van der Waals surface area contributed by atoms with Crippen LogP contribution in [-0.2, 0) is 11.0 Å². The second-order valence-corrected chi connectivity index (χ2v) is 6.44. The Bertz CT molecular complexity index is 954. The number of benzene rings is 2. The SMILES string of the molecule is CCN(CCO)C(=O)C(Nc1nc2ccccc2[nH]1)c1cccc(C(F)(F)F)c1. The molecule has 6 nitrogen and oxygen atoms in total. The van der Waals surface area contributed by atoms with E-state index in [-0.39, 0.29) is 24.7 Å². The van der Waals surface area contributed by atoms with Crippen molar-refractivity contribution in [3.8, 4) is 0 Å². The number of halogens is 3. The molecule has 1 unspecified atom stereocenters. The lowest BCUT2D eigenvalue weighted by molar-refractivity contribution is -0.138. The molecule has 29 heavy (non-hydrogen) atoms. The Morgan fingerprint density at radius 3 is 2.66 bits per heavy atom. The molecule has 9 heteroatoms. The van der Waals surface area contributed by atoms with Gasteiger partial charge in [0, 0.05) is 13.1 Å². The largest absolute Gasteiger partial charge is 0.416 e. The standard InChI is InChI=1S/C20H21F3N4O2/c1-2-27(10-11-28)18(29)17(13-6-5-7-14(12-13)20(21,22)23)26-19-24-15-8-3-4-9-16(15)25-19/h3-9,12,17,28H,2,10-11H2,1H3,(H2,24,25,26). The minimum absolute atomic E-state index is 0.0760. The number of aliphatic hydroxyl groups excluding tert-OH is 1. The van der Waals surface area contributed by atoms with Gasteiger partial charge in [-0.2, -0.15) is 13.2 Å². The minimum Gasteiger partial charge on any atom is -0.395 e. The van der Waals surface area contributed by atoms with Gasteiger partial charge in [-0.15, -0.1) is 0 Å². The molecule has 3 N–H and O–H groups in total. The van der Waals surface area contributed by atoms with Crippen LogP contribution in [0.2, 0.25) is 0 Å². The van der Waals surface area contributed by atoms with Crippen LogP contribution in [0, 0.1) is 0 Å². The average Bonchev–Trinajstić information content (AvgIpc) is 3.12. The van der Waals surface area contributed by atoms with Crippen molar-refractivity contribution >= 4 is 22.9 Å². The van der Waals surface area contributed by atoms with Crippen molar-refractivity contribution < 1.29 is 23.1 Å². The highest BCUT2D eigenvalue weighted by Crippen LogP contribution is 2.32. The lowest BCUT2D eigenvalue weighted by Gasteiger charge is -2.27. The number of carbonyl (C=O) groups excluding carboxylic acids is 1. The lowest BCUT2D eigenvalue weighted by Crippen LogP contribution is -2.39. The van der Waals surface area contributed by atoms with Crippen LogP contribution in [0.5, 0.6) is 0 Å². The number of aromatic amines is 1. The number of carbonyl (C=O) groups is 1. The molecule has 1 atom stereocenters. The summed E-state index contributed by atoms with van der Waals surface area (Å²) >= 11 is 0. The first-order valence-corrected chi connectivity index (χ1v) is 9.11. The van der Waals surface area contributed by atoms with Gasteiger partial charge in [-0.1, -0.05) is 24.3 Å². The second kappa shape index (κ2) is 8.52. The van der Waals surface area contributed by atoms with E-state index < -0.39 is 23.7 Å². The maximum Gasteiger partial charge on any atom is 0.416 e. The Morgan fingerprint density at radius 1 is 1.24 bits per heavy atom. The van der Waals surface area contributed by atoms with Crippen LogP contribution in [0.4, 0.5) is 19.1 Å². The van der Waals surface area contributed by atoms with Crippen molar-refractivity contribution in [1.29, 1.82) is 0 Å². The van der Waals surface area contributed by atoms with Gasteiger partial charge in [0.1, 0.15) is 6.04 Å². The van der Waals surface area contributed by atoms with Crippen molar-refractivity contribution in [2.45, 2.75) is 19.1 Å². The number of aromatic nitrogens is 2. The fraction of sp³-hybridized carbons (Fsp3) is 0.300. The van der Waals surface area contributed by atoms with E-state index in [4.69, 9.17) is 0 Å². The van der Waals surface area contributed by atoms with E-state index in [2.05, 4.69) is 15.3 Å². The Hall–Kier alpha value is -3.07. The highest BCUT2D eigenvalue weighted by Gasteiger charge is 2.33. The number of nitrogens with one attached hydrogen (secondary N) is 2. The minimum atomic E-state index is -4.53. The molecular formula is C20H21F3N4O2. The molecule has 0 aliphatic heterocycles. The van der Waals surface area contributed by atoms with Gasteiger partial charge in [0.05, 0.1) is 23.2 Å². The molecule has 0 aliphatic rings. The molecule has 0 aliphatic carbocycles. The van der Waals surface area contributed by atoms with Crippen LogP contribution < -0.4 is 5.32 Å². The Labute approximate surface area is 165 Å². The number of H-pyrrole nitrogens is 1. The third kappa shape index (κ3) is 4.68. The molecule has 0 saturated heterocycles. The van der Waals surface area contributed by atoms with E-state index in [0.29, 0.717) is 12.1 Å². The predicted octanol–water partition coefficient (Wildman–Crippen LogP) is 3.58. The zero-order valence-electron chi connectivity index (χ0n) is 15.7.